The number of hydrogen-bond acceptors (Lipinski definition) is 4. The lowest BCUT2D eigenvalue weighted by Crippen LogP contribution is -2.23. The van der Waals surface area contributed by atoms with E-state index in [1.165, 1.54) is 29.8 Å². The van der Waals surface area contributed by atoms with Crippen LogP contribution in [-0.4, -0.2) is 38.2 Å². The number of hydrogen-bond donors (Lipinski definition) is 1. The third-order valence-electron chi connectivity index (χ3n) is 4.74. The van der Waals surface area contributed by atoms with Crippen molar-refractivity contribution in [2.45, 2.75) is 25.4 Å². The van der Waals surface area contributed by atoms with E-state index in [0.717, 1.165) is 37.9 Å². The number of unbranched alkanes of at least 4 members (excludes halogenated alkanes) is 1. The topological polar surface area (TPSA) is 66.3 Å². The third-order valence-corrected chi connectivity index (χ3v) is 4.74. The second-order valence-electron chi connectivity index (χ2n) is 7.61. The molecule has 0 heterocycles. The first-order valence-electron chi connectivity index (χ1n) is 10.7. The first-order chi connectivity index (χ1) is 16.2. The third kappa shape index (κ3) is 9.89. The lowest BCUT2D eigenvalue weighted by Gasteiger charge is -2.11. The van der Waals surface area contributed by atoms with E-state index in [9.17, 15) is 18.0 Å². The smallest absolute Gasteiger partial charge is 0.416 e. The molecular weight excluding hydrogens is 445 g/mol. The fraction of sp³-hybridized carbons (Fsp3) is 0.320. The second kappa shape index (κ2) is 13.2. The van der Waals surface area contributed by atoms with Gasteiger partial charge >= 0.3 is 6.18 Å². The van der Waals surface area contributed by atoms with E-state index in [-0.39, 0.29) is 6.61 Å². The maximum atomic E-state index is 12.6. The van der Waals surface area contributed by atoms with Crippen molar-refractivity contribution in [1.29, 1.82) is 0 Å². The summed E-state index contributed by atoms with van der Waals surface area (Å²) in [5.41, 5.74) is 1.30. The standard InChI is InChI=1S/C25H29F3N4O2/c1-19(30-24(33)16-11-21-7-12-22(13-8-21)25(26,27)28)18-34-23-14-9-20(10-15-23)6-4-5-17-32(3)31-29-2/h7-16H,1,4-6,17-18H2,2-3H3,(H,30,33)/b16-11+,31-29?. The van der Waals surface area contributed by atoms with Crippen LogP contribution in [0.5, 0.6) is 5.75 Å². The Morgan fingerprint density at radius 1 is 1.12 bits per heavy atom. The molecule has 0 fully saturated rings. The number of carbonyl (C=O) groups excluding carboxylic acids is 1. The van der Waals surface area contributed by atoms with Crippen molar-refractivity contribution >= 4 is 12.0 Å². The quantitative estimate of drug-likeness (QED) is 0.186. The zero-order valence-corrected chi connectivity index (χ0v) is 19.3. The Labute approximate surface area is 197 Å². The highest BCUT2D eigenvalue weighted by atomic mass is 19.4. The molecule has 6 nitrogen and oxygen atoms in total. The van der Waals surface area contributed by atoms with E-state index in [1.54, 1.807) is 7.05 Å². The first-order valence-corrected chi connectivity index (χ1v) is 10.7. The van der Waals surface area contributed by atoms with Crippen molar-refractivity contribution in [2.75, 3.05) is 27.2 Å². The summed E-state index contributed by atoms with van der Waals surface area (Å²) in [6.07, 6.45) is 1.26. The summed E-state index contributed by atoms with van der Waals surface area (Å²) >= 11 is 0. The fourth-order valence-corrected chi connectivity index (χ4v) is 3.00. The Morgan fingerprint density at radius 3 is 2.41 bits per heavy atom. The molecule has 0 spiro atoms. The Hall–Kier alpha value is -3.62. The summed E-state index contributed by atoms with van der Waals surface area (Å²) in [4.78, 5) is 12.0. The van der Waals surface area contributed by atoms with Crippen molar-refractivity contribution in [1.82, 2.24) is 10.3 Å². The summed E-state index contributed by atoms with van der Waals surface area (Å²) in [5, 5.41) is 12.1. The Balaban J connectivity index is 1.71. The van der Waals surface area contributed by atoms with Crippen LogP contribution in [-0.2, 0) is 17.4 Å². The number of ether oxygens (including phenoxy) is 1. The number of alkyl halides is 3. The number of nitrogens with one attached hydrogen (secondary N) is 1. The number of nitrogens with zero attached hydrogens (tertiary/aromatic N) is 3. The largest absolute Gasteiger partial charge is 0.487 e. The van der Waals surface area contributed by atoms with Gasteiger partial charge in [-0.25, -0.2) is 0 Å². The molecule has 0 aromatic heterocycles. The number of rotatable bonds is 12. The highest BCUT2D eigenvalue weighted by Crippen LogP contribution is 2.29. The van der Waals surface area contributed by atoms with E-state index in [2.05, 4.69) is 22.2 Å². The summed E-state index contributed by atoms with van der Waals surface area (Å²) in [5.74, 6) is 0.206. The summed E-state index contributed by atoms with van der Waals surface area (Å²) < 4.78 is 43.4. The van der Waals surface area contributed by atoms with Crippen molar-refractivity contribution in [3.8, 4) is 5.75 Å². The monoisotopic (exact) mass is 474 g/mol. The van der Waals surface area contributed by atoms with Crippen molar-refractivity contribution < 1.29 is 22.7 Å². The lowest BCUT2D eigenvalue weighted by atomic mass is 10.1. The molecule has 0 aliphatic carbocycles. The van der Waals surface area contributed by atoms with Gasteiger partial charge in [-0.2, -0.15) is 18.3 Å². The maximum Gasteiger partial charge on any atom is 0.416 e. The highest BCUT2D eigenvalue weighted by molar-refractivity contribution is 5.92. The van der Waals surface area contributed by atoms with Gasteiger partial charge in [-0.05, 0) is 60.7 Å². The van der Waals surface area contributed by atoms with E-state index in [0.29, 0.717) is 17.0 Å². The summed E-state index contributed by atoms with van der Waals surface area (Å²) in [6, 6.07) is 12.3. The van der Waals surface area contributed by atoms with E-state index < -0.39 is 17.6 Å². The van der Waals surface area contributed by atoms with Gasteiger partial charge in [0, 0.05) is 25.4 Å². The minimum Gasteiger partial charge on any atom is -0.487 e. The predicted octanol–water partition coefficient (Wildman–Crippen LogP) is 5.68. The van der Waals surface area contributed by atoms with E-state index >= 15 is 0 Å². The van der Waals surface area contributed by atoms with Gasteiger partial charge in [0.25, 0.3) is 0 Å². The maximum absolute atomic E-state index is 12.6. The van der Waals surface area contributed by atoms with Gasteiger partial charge in [0.1, 0.15) is 12.4 Å². The van der Waals surface area contributed by atoms with E-state index in [4.69, 9.17) is 4.74 Å². The molecule has 1 N–H and O–H groups in total. The molecule has 0 aliphatic heterocycles. The molecule has 182 valence electrons. The molecule has 2 aromatic carbocycles. The van der Waals surface area contributed by atoms with Gasteiger partial charge in [0.05, 0.1) is 12.6 Å². The lowest BCUT2D eigenvalue weighted by molar-refractivity contribution is -0.137. The second-order valence-corrected chi connectivity index (χ2v) is 7.61. The van der Waals surface area contributed by atoms with Crippen molar-refractivity contribution in [2.24, 2.45) is 10.3 Å². The number of halogens is 3. The van der Waals surface area contributed by atoms with E-state index in [1.807, 2.05) is 36.3 Å². The van der Waals surface area contributed by atoms with Crippen LogP contribution in [0.3, 0.4) is 0 Å². The SMILES string of the molecule is C=C(COc1ccc(CCCCN(C)N=NC)cc1)NC(=O)/C=C/c1ccc(C(F)(F)F)cc1. The molecule has 34 heavy (non-hydrogen) atoms. The van der Waals surface area contributed by atoms with Crippen LogP contribution >= 0.6 is 0 Å². The zero-order valence-electron chi connectivity index (χ0n) is 19.3. The number of aryl methyl sites for hydroxylation is 1. The molecule has 0 unspecified atom stereocenters. The first kappa shape index (κ1) is 26.6. The van der Waals surface area contributed by atoms with Crippen molar-refractivity contribution in [3.05, 3.63) is 83.6 Å². The Bertz CT molecular complexity index is 985. The number of carbonyl (C=O) groups is 1. The van der Waals surface area contributed by atoms with Crippen LogP contribution in [0, 0.1) is 0 Å². The minimum absolute atomic E-state index is 0.0948. The molecule has 0 radical (unpaired) electrons. The van der Waals surface area contributed by atoms with Gasteiger partial charge in [0.15, 0.2) is 0 Å². The average molecular weight is 475 g/mol. The van der Waals surface area contributed by atoms with Crippen LogP contribution < -0.4 is 10.1 Å². The average Bonchev–Trinajstić information content (AvgIpc) is 2.80. The van der Waals surface area contributed by atoms with Gasteiger partial charge < -0.3 is 10.1 Å². The molecule has 0 atom stereocenters. The fourth-order valence-electron chi connectivity index (χ4n) is 3.00. The molecule has 0 saturated heterocycles. The molecule has 9 heteroatoms. The van der Waals surface area contributed by atoms with Crippen LogP contribution in [0.15, 0.2) is 77.2 Å². The normalized spacial score (nSPS) is 11.7. The van der Waals surface area contributed by atoms with Crippen molar-refractivity contribution in [3.63, 3.8) is 0 Å². The molecule has 0 aliphatic rings. The number of benzene rings is 2. The van der Waals surface area contributed by atoms with Gasteiger partial charge in [-0.1, -0.05) is 36.1 Å². The van der Waals surface area contributed by atoms with Crippen LogP contribution in [0.2, 0.25) is 0 Å². The summed E-state index contributed by atoms with van der Waals surface area (Å²) in [7, 11) is 3.54. The Kier molecular flexibility index (Phi) is 10.3. The molecule has 0 bridgehead atoms. The summed E-state index contributed by atoms with van der Waals surface area (Å²) in [6.45, 7) is 4.71. The Morgan fingerprint density at radius 2 is 1.79 bits per heavy atom. The molecule has 2 aromatic rings. The zero-order chi connectivity index (χ0) is 25.0. The van der Waals surface area contributed by atoms with Crippen LogP contribution in [0.1, 0.15) is 29.5 Å². The molecule has 1 amide bonds. The van der Waals surface area contributed by atoms with Gasteiger partial charge in [0.2, 0.25) is 5.91 Å². The van der Waals surface area contributed by atoms with Crippen LogP contribution in [0.25, 0.3) is 6.08 Å². The highest BCUT2D eigenvalue weighted by Gasteiger charge is 2.29. The van der Waals surface area contributed by atoms with Crippen LogP contribution in [0.4, 0.5) is 13.2 Å². The van der Waals surface area contributed by atoms with Gasteiger partial charge in [-0.3, -0.25) is 9.80 Å². The molecular formula is C25H29F3N4O2. The predicted molar refractivity (Wildman–Crippen MR) is 126 cm³/mol. The number of amides is 1. The molecule has 2 rings (SSSR count). The van der Waals surface area contributed by atoms with Gasteiger partial charge in [-0.15, -0.1) is 0 Å². The molecule has 0 saturated carbocycles. The minimum atomic E-state index is -4.39.